The fourth-order valence-corrected chi connectivity index (χ4v) is 5.15. The molecule has 2 heterocycles. The van der Waals surface area contributed by atoms with Crippen LogP contribution in [-0.2, 0) is 22.4 Å². The van der Waals surface area contributed by atoms with E-state index >= 15 is 0 Å². The average molecular weight is 340 g/mol. The Kier molecular flexibility index (Phi) is 4.53. The Labute approximate surface area is 150 Å². The van der Waals surface area contributed by atoms with Gasteiger partial charge in [-0.2, -0.15) is 0 Å². The van der Waals surface area contributed by atoms with Crippen molar-refractivity contribution >= 4 is 17.5 Å². The van der Waals surface area contributed by atoms with Gasteiger partial charge in [0.05, 0.1) is 6.42 Å². The summed E-state index contributed by atoms with van der Waals surface area (Å²) in [5.74, 6) is 1.17. The number of hydrogen-bond donors (Lipinski definition) is 1. The molecule has 0 bridgehead atoms. The van der Waals surface area contributed by atoms with E-state index < -0.39 is 0 Å². The number of rotatable bonds is 4. The Morgan fingerprint density at radius 2 is 2.12 bits per heavy atom. The second kappa shape index (κ2) is 6.81. The van der Waals surface area contributed by atoms with Crippen LogP contribution in [-0.4, -0.2) is 28.8 Å². The first-order valence-electron chi connectivity index (χ1n) is 9.84. The number of carbonyl (C=O) groups excluding carboxylic acids is 2. The molecule has 1 aliphatic carbocycles. The minimum Gasteiger partial charge on any atom is -0.337 e. The third-order valence-electron chi connectivity index (χ3n) is 6.28. The number of aryl methyl sites for hydroxylation is 1. The highest BCUT2D eigenvalue weighted by molar-refractivity contribution is 5.99. The molecule has 4 heteroatoms. The van der Waals surface area contributed by atoms with Crippen molar-refractivity contribution < 1.29 is 9.59 Å². The molecule has 1 aromatic carbocycles. The van der Waals surface area contributed by atoms with E-state index in [0.717, 1.165) is 30.0 Å². The molecule has 1 saturated heterocycles. The van der Waals surface area contributed by atoms with Crippen molar-refractivity contribution in [3.63, 3.8) is 0 Å². The standard InChI is InChI=1S/C21H28N2O2/c1-14-11-16-6-2-3-7-19(16)23(14)21(25)8-4-5-15-9-10-18-17(12-15)13-20(24)22-18/h9-10,12,14,16,19H,2-8,11,13H2,1H3,(H,22,24)/t14-,16-,19-/m1/s1. The van der Waals surface area contributed by atoms with Gasteiger partial charge in [0.25, 0.3) is 0 Å². The van der Waals surface area contributed by atoms with Crippen LogP contribution >= 0.6 is 0 Å². The van der Waals surface area contributed by atoms with E-state index in [0.29, 0.717) is 30.8 Å². The number of benzene rings is 1. The summed E-state index contributed by atoms with van der Waals surface area (Å²) in [5.41, 5.74) is 3.26. The Morgan fingerprint density at radius 3 is 3.00 bits per heavy atom. The zero-order chi connectivity index (χ0) is 17.4. The van der Waals surface area contributed by atoms with Gasteiger partial charge in [0.2, 0.25) is 11.8 Å². The molecule has 134 valence electrons. The number of nitrogens with one attached hydrogen (secondary N) is 1. The second-order valence-electron chi connectivity index (χ2n) is 8.07. The molecule has 25 heavy (non-hydrogen) atoms. The van der Waals surface area contributed by atoms with Crippen molar-refractivity contribution in [2.24, 2.45) is 5.92 Å². The first kappa shape index (κ1) is 16.6. The molecule has 4 nitrogen and oxygen atoms in total. The van der Waals surface area contributed by atoms with Gasteiger partial charge in [-0.1, -0.05) is 25.0 Å². The summed E-state index contributed by atoms with van der Waals surface area (Å²) in [7, 11) is 0. The van der Waals surface area contributed by atoms with Gasteiger partial charge < -0.3 is 10.2 Å². The molecule has 2 fully saturated rings. The third-order valence-corrected chi connectivity index (χ3v) is 6.28. The van der Waals surface area contributed by atoms with Gasteiger partial charge in [0.1, 0.15) is 0 Å². The van der Waals surface area contributed by atoms with Crippen LogP contribution in [0.2, 0.25) is 0 Å². The molecule has 0 aromatic heterocycles. The number of carbonyl (C=O) groups is 2. The normalized spacial score (nSPS) is 27.8. The van der Waals surface area contributed by atoms with Gasteiger partial charge in [-0.05, 0) is 62.1 Å². The van der Waals surface area contributed by atoms with Gasteiger partial charge in [-0.15, -0.1) is 0 Å². The fraction of sp³-hybridized carbons (Fsp3) is 0.619. The Hall–Kier alpha value is -1.84. The lowest BCUT2D eigenvalue weighted by Crippen LogP contribution is -2.42. The van der Waals surface area contributed by atoms with E-state index in [1.807, 2.05) is 6.07 Å². The van der Waals surface area contributed by atoms with E-state index in [1.54, 1.807) is 0 Å². The molecule has 0 radical (unpaired) electrons. The largest absolute Gasteiger partial charge is 0.337 e. The summed E-state index contributed by atoms with van der Waals surface area (Å²) in [6.07, 6.45) is 9.24. The number of amides is 2. The lowest BCUT2D eigenvalue weighted by Gasteiger charge is -2.33. The van der Waals surface area contributed by atoms with Crippen LogP contribution in [0.15, 0.2) is 18.2 Å². The highest BCUT2D eigenvalue weighted by atomic mass is 16.2. The maximum absolute atomic E-state index is 12.8. The van der Waals surface area contributed by atoms with Crippen LogP contribution in [0.4, 0.5) is 5.69 Å². The summed E-state index contributed by atoms with van der Waals surface area (Å²) < 4.78 is 0. The van der Waals surface area contributed by atoms with Crippen molar-refractivity contribution in [3.8, 4) is 0 Å². The van der Waals surface area contributed by atoms with E-state index in [2.05, 4.69) is 29.3 Å². The second-order valence-corrected chi connectivity index (χ2v) is 8.07. The number of fused-ring (bicyclic) bond motifs is 2. The topological polar surface area (TPSA) is 49.4 Å². The van der Waals surface area contributed by atoms with E-state index in [-0.39, 0.29) is 5.91 Å². The summed E-state index contributed by atoms with van der Waals surface area (Å²) in [4.78, 5) is 26.5. The van der Waals surface area contributed by atoms with E-state index in [4.69, 9.17) is 0 Å². The zero-order valence-corrected chi connectivity index (χ0v) is 15.1. The molecule has 0 spiro atoms. The minimum atomic E-state index is 0.0763. The van der Waals surface area contributed by atoms with Crippen LogP contribution in [0.25, 0.3) is 0 Å². The highest BCUT2D eigenvalue weighted by Gasteiger charge is 2.41. The van der Waals surface area contributed by atoms with Crippen LogP contribution in [0.5, 0.6) is 0 Å². The predicted octanol–water partition coefficient (Wildman–Crippen LogP) is 3.68. The predicted molar refractivity (Wildman–Crippen MR) is 98.4 cm³/mol. The molecule has 1 N–H and O–H groups in total. The summed E-state index contributed by atoms with van der Waals surface area (Å²) in [6.45, 7) is 2.22. The maximum atomic E-state index is 12.8. The number of nitrogens with zero attached hydrogens (tertiary/aromatic N) is 1. The average Bonchev–Trinajstić information content (AvgIpc) is 3.12. The van der Waals surface area contributed by atoms with E-state index in [1.165, 1.54) is 37.7 Å². The minimum absolute atomic E-state index is 0.0763. The number of hydrogen-bond acceptors (Lipinski definition) is 2. The molecule has 3 aliphatic rings. The Bertz CT molecular complexity index is 684. The van der Waals surface area contributed by atoms with Gasteiger partial charge in [0, 0.05) is 24.2 Å². The van der Waals surface area contributed by atoms with Crippen LogP contribution in [0.3, 0.4) is 0 Å². The third kappa shape index (κ3) is 3.31. The van der Waals surface area contributed by atoms with Crippen molar-refractivity contribution in [1.29, 1.82) is 0 Å². The Morgan fingerprint density at radius 1 is 1.28 bits per heavy atom. The van der Waals surface area contributed by atoms with Crippen LogP contribution in [0.1, 0.15) is 63.0 Å². The number of anilines is 1. The highest BCUT2D eigenvalue weighted by Crippen LogP contribution is 2.39. The molecule has 1 aromatic rings. The molecule has 1 saturated carbocycles. The molecular formula is C21H28N2O2. The fourth-order valence-electron chi connectivity index (χ4n) is 5.15. The summed E-state index contributed by atoms with van der Waals surface area (Å²) in [5, 5.41) is 2.87. The van der Waals surface area contributed by atoms with E-state index in [9.17, 15) is 9.59 Å². The van der Waals surface area contributed by atoms with Crippen molar-refractivity contribution in [2.45, 2.75) is 76.8 Å². The quantitative estimate of drug-likeness (QED) is 0.909. The van der Waals surface area contributed by atoms with Crippen molar-refractivity contribution in [1.82, 2.24) is 4.90 Å². The summed E-state index contributed by atoms with van der Waals surface area (Å²) in [6, 6.07) is 7.11. The van der Waals surface area contributed by atoms with Crippen LogP contribution in [0, 0.1) is 5.92 Å². The molecule has 3 atom stereocenters. The lowest BCUT2D eigenvalue weighted by molar-refractivity contribution is -0.134. The van der Waals surface area contributed by atoms with Gasteiger partial charge in [-0.25, -0.2) is 0 Å². The molecule has 2 amide bonds. The molecule has 2 aliphatic heterocycles. The zero-order valence-electron chi connectivity index (χ0n) is 15.1. The first-order chi connectivity index (χ1) is 12.1. The maximum Gasteiger partial charge on any atom is 0.228 e. The monoisotopic (exact) mass is 340 g/mol. The SMILES string of the molecule is C[C@@H]1C[C@H]2CCCC[C@H]2N1C(=O)CCCc1ccc2c(c1)CC(=O)N2. The van der Waals surface area contributed by atoms with Crippen molar-refractivity contribution in [2.75, 3.05) is 5.32 Å². The van der Waals surface area contributed by atoms with Crippen molar-refractivity contribution in [3.05, 3.63) is 29.3 Å². The van der Waals surface area contributed by atoms with Gasteiger partial charge >= 0.3 is 0 Å². The van der Waals surface area contributed by atoms with Crippen LogP contribution < -0.4 is 5.32 Å². The Balaban J connectivity index is 1.32. The molecular weight excluding hydrogens is 312 g/mol. The van der Waals surface area contributed by atoms with Gasteiger partial charge in [-0.3, -0.25) is 9.59 Å². The first-order valence-corrected chi connectivity index (χ1v) is 9.84. The van der Waals surface area contributed by atoms with Gasteiger partial charge in [0.15, 0.2) is 0 Å². The molecule has 4 rings (SSSR count). The lowest BCUT2D eigenvalue weighted by atomic mass is 9.85. The molecule has 0 unspecified atom stereocenters. The smallest absolute Gasteiger partial charge is 0.228 e. The number of likely N-dealkylation sites (tertiary alicyclic amines) is 1. The summed E-state index contributed by atoms with van der Waals surface area (Å²) >= 11 is 0.